The minimum absolute atomic E-state index is 0.0154. The van der Waals surface area contributed by atoms with Crippen LogP contribution in [0, 0.1) is 6.92 Å². The third-order valence-electron chi connectivity index (χ3n) is 2.81. The van der Waals surface area contributed by atoms with Crippen molar-refractivity contribution in [2.45, 2.75) is 6.92 Å². The largest absolute Gasteiger partial charge is 0.508 e. The van der Waals surface area contributed by atoms with E-state index in [4.69, 9.17) is 0 Å². The molecule has 0 radical (unpaired) electrons. The summed E-state index contributed by atoms with van der Waals surface area (Å²) in [5.41, 5.74) is 3.60. The summed E-state index contributed by atoms with van der Waals surface area (Å²) >= 11 is 0. The first-order chi connectivity index (χ1) is 8.61. The second-order valence-electron chi connectivity index (χ2n) is 4.34. The number of hydrogen-bond donors (Lipinski definition) is 3. The van der Waals surface area contributed by atoms with E-state index in [1.165, 1.54) is 6.07 Å². The van der Waals surface area contributed by atoms with Crippen molar-refractivity contribution in [3.63, 3.8) is 0 Å². The van der Waals surface area contributed by atoms with Gasteiger partial charge in [0.1, 0.15) is 17.3 Å². The Hall–Kier alpha value is -2.49. The predicted octanol–water partition coefficient (Wildman–Crippen LogP) is 2.95. The lowest BCUT2D eigenvalue weighted by atomic mass is 10.2. The molecule has 1 aromatic heterocycles. The van der Waals surface area contributed by atoms with Crippen LogP contribution in [0.25, 0.3) is 22.4 Å². The van der Waals surface area contributed by atoms with Crippen molar-refractivity contribution in [1.29, 1.82) is 0 Å². The normalized spacial score (nSPS) is 10.9. The van der Waals surface area contributed by atoms with Gasteiger partial charge in [0.05, 0.1) is 11.0 Å². The van der Waals surface area contributed by atoms with Crippen LogP contribution < -0.4 is 0 Å². The van der Waals surface area contributed by atoms with Crippen LogP contribution in [0.15, 0.2) is 36.4 Å². The molecule has 4 heteroatoms. The van der Waals surface area contributed by atoms with E-state index in [-0.39, 0.29) is 11.5 Å². The minimum atomic E-state index is 0.0154. The van der Waals surface area contributed by atoms with E-state index in [9.17, 15) is 10.2 Å². The van der Waals surface area contributed by atoms with Crippen LogP contribution in [0.4, 0.5) is 0 Å². The molecule has 18 heavy (non-hydrogen) atoms. The van der Waals surface area contributed by atoms with Gasteiger partial charge in [0.25, 0.3) is 0 Å². The van der Waals surface area contributed by atoms with Crippen molar-refractivity contribution >= 4 is 11.0 Å². The van der Waals surface area contributed by atoms with Crippen LogP contribution in [0.2, 0.25) is 0 Å². The average Bonchev–Trinajstić information content (AvgIpc) is 2.70. The second-order valence-corrected chi connectivity index (χ2v) is 4.34. The highest BCUT2D eigenvalue weighted by Crippen LogP contribution is 2.28. The van der Waals surface area contributed by atoms with Crippen LogP contribution in [0.3, 0.4) is 0 Å². The van der Waals surface area contributed by atoms with Crippen molar-refractivity contribution in [3.05, 3.63) is 42.0 Å². The van der Waals surface area contributed by atoms with Gasteiger partial charge in [-0.1, -0.05) is 6.07 Å². The molecule has 0 fully saturated rings. The minimum Gasteiger partial charge on any atom is -0.508 e. The molecule has 0 aliphatic rings. The zero-order valence-corrected chi connectivity index (χ0v) is 9.81. The number of aryl methyl sites for hydroxylation is 1. The third kappa shape index (κ3) is 1.78. The lowest BCUT2D eigenvalue weighted by Crippen LogP contribution is -1.80. The van der Waals surface area contributed by atoms with Gasteiger partial charge >= 0.3 is 0 Å². The molecule has 4 nitrogen and oxygen atoms in total. The van der Waals surface area contributed by atoms with E-state index < -0.39 is 0 Å². The summed E-state index contributed by atoms with van der Waals surface area (Å²) in [5.74, 6) is 0.657. The van der Waals surface area contributed by atoms with Crippen molar-refractivity contribution in [3.8, 4) is 22.9 Å². The highest BCUT2D eigenvalue weighted by molar-refractivity contribution is 5.80. The fourth-order valence-corrected chi connectivity index (χ4v) is 1.99. The van der Waals surface area contributed by atoms with Crippen molar-refractivity contribution in [2.24, 2.45) is 0 Å². The third-order valence-corrected chi connectivity index (χ3v) is 2.81. The number of aromatic amines is 1. The molecule has 0 aliphatic heterocycles. The highest BCUT2D eigenvalue weighted by Gasteiger charge is 2.07. The van der Waals surface area contributed by atoms with Crippen LogP contribution in [-0.2, 0) is 0 Å². The summed E-state index contributed by atoms with van der Waals surface area (Å²) in [6.07, 6.45) is 0. The molecule has 3 aromatic rings. The van der Waals surface area contributed by atoms with Gasteiger partial charge in [-0.2, -0.15) is 0 Å². The van der Waals surface area contributed by atoms with Gasteiger partial charge in [0, 0.05) is 11.6 Å². The van der Waals surface area contributed by atoms with Crippen LogP contribution >= 0.6 is 0 Å². The monoisotopic (exact) mass is 240 g/mol. The van der Waals surface area contributed by atoms with Gasteiger partial charge < -0.3 is 15.2 Å². The summed E-state index contributed by atoms with van der Waals surface area (Å²) < 4.78 is 0. The molecule has 0 unspecified atom stereocenters. The SMILES string of the molecule is Cc1ccc2nc(-c3cc(O)cc(O)c3)[nH]c2c1. The molecule has 0 aliphatic carbocycles. The summed E-state index contributed by atoms with van der Waals surface area (Å²) in [4.78, 5) is 7.60. The molecule has 2 aromatic carbocycles. The molecule has 0 amide bonds. The van der Waals surface area contributed by atoms with Crippen LogP contribution in [0.1, 0.15) is 5.56 Å². The van der Waals surface area contributed by atoms with E-state index in [2.05, 4.69) is 9.97 Å². The number of benzene rings is 2. The Bertz CT molecular complexity index is 711. The number of fused-ring (bicyclic) bond motifs is 1. The molecule has 0 spiro atoms. The Morgan fingerprint density at radius 2 is 1.72 bits per heavy atom. The van der Waals surface area contributed by atoms with Gasteiger partial charge in [0.15, 0.2) is 0 Å². The molecule has 1 heterocycles. The van der Waals surface area contributed by atoms with E-state index >= 15 is 0 Å². The molecular weight excluding hydrogens is 228 g/mol. The summed E-state index contributed by atoms with van der Waals surface area (Å²) in [6.45, 7) is 2.01. The first-order valence-electron chi connectivity index (χ1n) is 5.61. The van der Waals surface area contributed by atoms with E-state index in [0.29, 0.717) is 11.4 Å². The summed E-state index contributed by atoms with van der Waals surface area (Å²) in [5, 5.41) is 18.9. The van der Waals surface area contributed by atoms with Gasteiger partial charge in [-0.05, 0) is 36.8 Å². The standard InChI is InChI=1S/C14H12N2O2/c1-8-2-3-12-13(4-8)16-14(15-12)9-5-10(17)7-11(18)6-9/h2-7,17-18H,1H3,(H,15,16). The fourth-order valence-electron chi connectivity index (χ4n) is 1.99. The van der Waals surface area contributed by atoms with Crippen molar-refractivity contribution in [2.75, 3.05) is 0 Å². The van der Waals surface area contributed by atoms with Crippen LogP contribution in [-0.4, -0.2) is 20.2 Å². The Labute approximate surface area is 104 Å². The molecular formula is C14H12N2O2. The maximum absolute atomic E-state index is 9.47. The molecule has 3 N–H and O–H groups in total. The second kappa shape index (κ2) is 3.77. The van der Waals surface area contributed by atoms with Crippen molar-refractivity contribution < 1.29 is 10.2 Å². The highest BCUT2D eigenvalue weighted by atomic mass is 16.3. The number of hydrogen-bond acceptors (Lipinski definition) is 3. The molecule has 0 bridgehead atoms. The van der Waals surface area contributed by atoms with E-state index in [1.807, 2.05) is 25.1 Å². The van der Waals surface area contributed by atoms with E-state index in [0.717, 1.165) is 16.6 Å². The number of rotatable bonds is 1. The molecule has 0 saturated heterocycles. The summed E-state index contributed by atoms with van der Waals surface area (Å²) in [6, 6.07) is 10.3. The van der Waals surface area contributed by atoms with Crippen LogP contribution in [0.5, 0.6) is 11.5 Å². The zero-order valence-electron chi connectivity index (χ0n) is 9.81. The number of nitrogens with one attached hydrogen (secondary N) is 1. The quantitative estimate of drug-likeness (QED) is 0.612. The predicted molar refractivity (Wildman–Crippen MR) is 69.6 cm³/mol. The maximum Gasteiger partial charge on any atom is 0.138 e. The summed E-state index contributed by atoms with van der Waals surface area (Å²) in [7, 11) is 0. The number of aromatic nitrogens is 2. The first-order valence-corrected chi connectivity index (χ1v) is 5.61. The topological polar surface area (TPSA) is 69.1 Å². The average molecular weight is 240 g/mol. The van der Waals surface area contributed by atoms with Gasteiger partial charge in [-0.3, -0.25) is 0 Å². The Kier molecular flexibility index (Phi) is 2.23. The lowest BCUT2D eigenvalue weighted by molar-refractivity contribution is 0.451. The molecule has 90 valence electrons. The number of aromatic hydroxyl groups is 2. The Morgan fingerprint density at radius 3 is 2.44 bits per heavy atom. The maximum atomic E-state index is 9.47. The number of imidazole rings is 1. The molecule has 3 rings (SSSR count). The van der Waals surface area contributed by atoms with Crippen molar-refractivity contribution in [1.82, 2.24) is 9.97 Å². The first kappa shape index (κ1) is 10.7. The molecule has 0 saturated carbocycles. The Balaban J connectivity index is 2.19. The smallest absolute Gasteiger partial charge is 0.138 e. The van der Waals surface area contributed by atoms with Gasteiger partial charge in [-0.15, -0.1) is 0 Å². The lowest BCUT2D eigenvalue weighted by Gasteiger charge is -1.99. The fraction of sp³-hybridized carbons (Fsp3) is 0.0714. The van der Waals surface area contributed by atoms with Gasteiger partial charge in [0.2, 0.25) is 0 Å². The number of nitrogens with zero attached hydrogens (tertiary/aromatic N) is 1. The number of H-pyrrole nitrogens is 1. The van der Waals surface area contributed by atoms with E-state index in [1.54, 1.807) is 12.1 Å². The van der Waals surface area contributed by atoms with Gasteiger partial charge in [-0.25, -0.2) is 4.98 Å². The zero-order chi connectivity index (χ0) is 12.7. The molecule has 0 atom stereocenters. The Morgan fingerprint density at radius 1 is 1.00 bits per heavy atom. The number of phenolic OH excluding ortho intramolecular Hbond substituents is 2. The number of phenols is 2.